The number of hydrogen-bond acceptors (Lipinski definition) is 4. The van der Waals surface area contributed by atoms with Crippen LogP contribution in [0.5, 0.6) is 0 Å². The van der Waals surface area contributed by atoms with Crippen molar-refractivity contribution >= 4 is 5.97 Å². The molecule has 0 saturated heterocycles. The maximum absolute atomic E-state index is 13.1. The lowest BCUT2D eigenvalue weighted by Gasteiger charge is -2.18. The largest absolute Gasteiger partial charge is 0.466 e. The molecule has 1 aromatic rings. The molecule has 4 nitrogen and oxygen atoms in total. The summed E-state index contributed by atoms with van der Waals surface area (Å²) in [4.78, 5) is 14.7. The van der Waals surface area contributed by atoms with Crippen LogP contribution in [0.2, 0.25) is 0 Å². The molecule has 118 valence electrons. The summed E-state index contributed by atoms with van der Waals surface area (Å²) in [6.07, 6.45) is -8.48. The van der Waals surface area contributed by atoms with Crippen LogP contribution in [-0.2, 0) is 28.7 Å². The molecule has 0 radical (unpaired) electrons. The van der Waals surface area contributed by atoms with Gasteiger partial charge < -0.3 is 10.5 Å². The molecule has 1 aromatic heterocycles. The van der Waals surface area contributed by atoms with Crippen molar-refractivity contribution < 1.29 is 31.5 Å². The van der Waals surface area contributed by atoms with Gasteiger partial charge >= 0.3 is 12.1 Å². The van der Waals surface area contributed by atoms with E-state index in [0.717, 1.165) is 6.20 Å². The molecule has 1 heterocycles. The monoisotopic (exact) mass is 312 g/mol. The third-order valence-corrected chi connectivity index (χ3v) is 2.62. The Morgan fingerprint density at radius 2 is 2.05 bits per heavy atom. The number of carbonyl (C=O) groups is 1. The molecule has 0 aliphatic heterocycles. The van der Waals surface area contributed by atoms with Crippen LogP contribution in [0.15, 0.2) is 6.20 Å². The molecule has 0 fully saturated rings. The molecule has 1 rings (SSSR count). The zero-order chi connectivity index (χ0) is 16.2. The summed E-state index contributed by atoms with van der Waals surface area (Å²) in [5, 5.41) is 0. The predicted molar refractivity (Wildman–Crippen MR) is 62.4 cm³/mol. The van der Waals surface area contributed by atoms with E-state index in [0.29, 0.717) is 0 Å². The molecular weight excluding hydrogens is 299 g/mol. The number of pyridine rings is 1. The van der Waals surface area contributed by atoms with Crippen LogP contribution in [0.25, 0.3) is 0 Å². The van der Waals surface area contributed by atoms with Crippen LogP contribution in [0.3, 0.4) is 0 Å². The zero-order valence-corrected chi connectivity index (χ0v) is 11.0. The van der Waals surface area contributed by atoms with Gasteiger partial charge in [0.05, 0.1) is 24.3 Å². The Morgan fingerprint density at radius 3 is 2.48 bits per heavy atom. The van der Waals surface area contributed by atoms with Gasteiger partial charge in [-0.2, -0.15) is 13.2 Å². The number of alkyl halides is 5. The van der Waals surface area contributed by atoms with E-state index in [1.54, 1.807) is 0 Å². The third-order valence-electron chi connectivity index (χ3n) is 2.62. The van der Waals surface area contributed by atoms with Crippen molar-refractivity contribution in [3.63, 3.8) is 0 Å². The van der Waals surface area contributed by atoms with Crippen molar-refractivity contribution in [2.24, 2.45) is 5.73 Å². The maximum atomic E-state index is 13.1. The first-order valence-electron chi connectivity index (χ1n) is 5.94. The van der Waals surface area contributed by atoms with E-state index < -0.39 is 53.9 Å². The number of nitrogens with two attached hydrogens (primary N) is 1. The van der Waals surface area contributed by atoms with E-state index in [9.17, 15) is 26.7 Å². The number of ether oxygens (including phenoxy) is 1. The number of halogens is 5. The predicted octanol–water partition coefficient (Wildman–Crippen LogP) is 2.60. The van der Waals surface area contributed by atoms with Gasteiger partial charge in [0.1, 0.15) is 0 Å². The number of nitrogens with zero attached hydrogens (tertiary/aromatic N) is 1. The molecule has 0 amide bonds. The smallest absolute Gasteiger partial charge is 0.418 e. The first-order valence-corrected chi connectivity index (χ1v) is 5.94. The van der Waals surface area contributed by atoms with E-state index in [1.807, 2.05) is 0 Å². The highest BCUT2D eigenvalue weighted by Gasteiger charge is 2.40. The van der Waals surface area contributed by atoms with Crippen LogP contribution < -0.4 is 5.73 Å². The second-order valence-electron chi connectivity index (χ2n) is 4.00. The molecular formula is C12H13F5N2O2. The fraction of sp³-hybridized carbons (Fsp3) is 0.500. The molecule has 9 heteroatoms. The lowest BCUT2D eigenvalue weighted by atomic mass is 9.99. The molecule has 21 heavy (non-hydrogen) atoms. The van der Waals surface area contributed by atoms with Gasteiger partial charge in [0.25, 0.3) is 6.43 Å². The van der Waals surface area contributed by atoms with Gasteiger partial charge in [-0.15, -0.1) is 0 Å². The number of esters is 1. The highest BCUT2D eigenvalue weighted by atomic mass is 19.4. The molecule has 0 saturated carbocycles. The summed E-state index contributed by atoms with van der Waals surface area (Å²) < 4.78 is 69.6. The normalized spacial score (nSPS) is 11.8. The molecule has 0 aliphatic carbocycles. The van der Waals surface area contributed by atoms with Gasteiger partial charge in [-0.05, 0) is 12.5 Å². The van der Waals surface area contributed by atoms with Gasteiger partial charge in [-0.3, -0.25) is 9.78 Å². The van der Waals surface area contributed by atoms with Gasteiger partial charge in [0, 0.05) is 18.3 Å². The van der Waals surface area contributed by atoms with E-state index in [1.165, 1.54) is 6.92 Å². The molecule has 0 aromatic carbocycles. The molecule has 0 spiro atoms. The summed E-state index contributed by atoms with van der Waals surface area (Å²) in [6.45, 7) is 0.913. The molecule has 0 atom stereocenters. The van der Waals surface area contributed by atoms with E-state index in [4.69, 9.17) is 5.73 Å². The molecule has 2 N–H and O–H groups in total. The van der Waals surface area contributed by atoms with Crippen LogP contribution in [0.4, 0.5) is 22.0 Å². The van der Waals surface area contributed by atoms with Crippen LogP contribution in [0, 0.1) is 0 Å². The summed E-state index contributed by atoms with van der Waals surface area (Å²) in [5.74, 6) is -0.976. The van der Waals surface area contributed by atoms with Crippen molar-refractivity contribution in [2.45, 2.75) is 32.5 Å². The van der Waals surface area contributed by atoms with Gasteiger partial charge in [0.15, 0.2) is 0 Å². The minimum absolute atomic E-state index is 0.0389. The summed E-state index contributed by atoms with van der Waals surface area (Å²) in [6, 6.07) is 0. The van der Waals surface area contributed by atoms with Gasteiger partial charge in [0.2, 0.25) is 0 Å². The quantitative estimate of drug-likeness (QED) is 0.670. The van der Waals surface area contributed by atoms with Crippen LogP contribution >= 0.6 is 0 Å². The second-order valence-corrected chi connectivity index (χ2v) is 4.00. The minimum Gasteiger partial charge on any atom is -0.466 e. The van der Waals surface area contributed by atoms with Crippen molar-refractivity contribution in [3.8, 4) is 0 Å². The van der Waals surface area contributed by atoms with Crippen LogP contribution in [-0.4, -0.2) is 17.6 Å². The highest BCUT2D eigenvalue weighted by molar-refractivity contribution is 5.72. The molecule has 0 aliphatic rings. The third kappa shape index (κ3) is 4.10. The molecule has 0 bridgehead atoms. The summed E-state index contributed by atoms with van der Waals surface area (Å²) in [7, 11) is 0. The summed E-state index contributed by atoms with van der Waals surface area (Å²) in [5.41, 5.74) is 1.10. The van der Waals surface area contributed by atoms with E-state index >= 15 is 0 Å². The van der Waals surface area contributed by atoms with Crippen molar-refractivity contribution in [3.05, 3.63) is 28.6 Å². The Morgan fingerprint density at radius 1 is 1.43 bits per heavy atom. The van der Waals surface area contributed by atoms with E-state index in [-0.39, 0.29) is 6.61 Å². The summed E-state index contributed by atoms with van der Waals surface area (Å²) >= 11 is 0. The van der Waals surface area contributed by atoms with Gasteiger partial charge in [-0.1, -0.05) is 0 Å². The second kappa shape index (κ2) is 6.79. The zero-order valence-electron chi connectivity index (χ0n) is 11.0. The van der Waals surface area contributed by atoms with Crippen molar-refractivity contribution in [1.29, 1.82) is 0 Å². The Kier molecular flexibility index (Phi) is 5.59. The maximum Gasteiger partial charge on any atom is 0.418 e. The lowest BCUT2D eigenvalue weighted by molar-refractivity contribution is -0.144. The van der Waals surface area contributed by atoms with Crippen molar-refractivity contribution in [1.82, 2.24) is 4.98 Å². The Bertz CT molecular complexity index is 517. The Balaban J connectivity index is 3.44. The Hall–Kier alpha value is -1.77. The average Bonchev–Trinajstić information content (AvgIpc) is 2.36. The topological polar surface area (TPSA) is 65.2 Å². The number of aromatic nitrogens is 1. The van der Waals surface area contributed by atoms with E-state index in [2.05, 4.69) is 9.72 Å². The standard InChI is InChI=1S/C12H13F5N2O2/c1-2-21-8(20)3-7-10(12(15,16)17)9(11(13)14)6(4-18)5-19-7/h5,11H,2-4,18H2,1H3. The van der Waals surface area contributed by atoms with Gasteiger partial charge in [-0.25, -0.2) is 8.78 Å². The fourth-order valence-electron chi connectivity index (χ4n) is 1.82. The number of rotatable bonds is 5. The molecule has 0 unspecified atom stereocenters. The lowest BCUT2D eigenvalue weighted by Crippen LogP contribution is -2.21. The SMILES string of the molecule is CCOC(=O)Cc1ncc(CN)c(C(F)F)c1C(F)(F)F. The first-order chi connectivity index (χ1) is 9.72. The van der Waals surface area contributed by atoms with Crippen LogP contribution in [0.1, 0.15) is 35.7 Å². The first kappa shape index (κ1) is 17.3. The minimum atomic E-state index is -5.08. The number of hydrogen-bond donors (Lipinski definition) is 1. The number of carbonyl (C=O) groups excluding carboxylic acids is 1. The Labute approximate surface area is 117 Å². The average molecular weight is 312 g/mol. The highest BCUT2D eigenvalue weighted by Crippen LogP contribution is 2.39. The fourth-order valence-corrected chi connectivity index (χ4v) is 1.82. The van der Waals surface area contributed by atoms with Crippen molar-refractivity contribution in [2.75, 3.05) is 6.61 Å².